The van der Waals surface area contributed by atoms with Crippen molar-refractivity contribution in [2.24, 2.45) is 18.9 Å². The number of nitrogens with one attached hydrogen (secondary N) is 1. The predicted octanol–water partition coefficient (Wildman–Crippen LogP) is 3.30. The predicted molar refractivity (Wildman–Crippen MR) is 124 cm³/mol. The number of carbonyl (C=O) groups is 2. The highest BCUT2D eigenvalue weighted by molar-refractivity contribution is 5.75. The number of aryl methyl sites for hydroxylation is 2. The maximum absolute atomic E-state index is 12.0. The maximum Gasteiger partial charge on any atom is 0.306 e. The van der Waals surface area contributed by atoms with Crippen LogP contribution in [0, 0.1) is 18.8 Å². The second kappa shape index (κ2) is 11.2. The van der Waals surface area contributed by atoms with Crippen molar-refractivity contribution < 1.29 is 19.4 Å². The molecule has 1 aliphatic rings. The lowest BCUT2D eigenvalue weighted by Crippen LogP contribution is -2.29. The van der Waals surface area contributed by atoms with Gasteiger partial charge in [-0.3, -0.25) is 14.3 Å². The number of amides is 1. The molecule has 9 heteroatoms. The Morgan fingerprint density at radius 2 is 2.09 bits per heavy atom. The summed E-state index contributed by atoms with van der Waals surface area (Å²) in [5, 5.41) is 20.7. The van der Waals surface area contributed by atoms with E-state index in [1.807, 2.05) is 26.1 Å². The van der Waals surface area contributed by atoms with E-state index >= 15 is 0 Å². The number of carboxylic acids is 1. The zero-order valence-electron chi connectivity index (χ0n) is 20.0. The van der Waals surface area contributed by atoms with Crippen LogP contribution in [0.4, 0.5) is 0 Å². The third-order valence-electron chi connectivity index (χ3n) is 6.12. The van der Waals surface area contributed by atoms with Gasteiger partial charge >= 0.3 is 5.97 Å². The highest BCUT2D eigenvalue weighted by atomic mass is 16.5. The first-order valence-electron chi connectivity index (χ1n) is 11.8. The fraction of sp³-hybridized carbons (Fsp3) is 0.625. The van der Waals surface area contributed by atoms with E-state index in [9.17, 15) is 14.7 Å². The highest BCUT2D eigenvalue weighted by Crippen LogP contribution is 2.30. The Morgan fingerprint density at radius 3 is 2.79 bits per heavy atom. The van der Waals surface area contributed by atoms with Crippen molar-refractivity contribution in [1.82, 2.24) is 25.3 Å². The van der Waals surface area contributed by atoms with E-state index < -0.39 is 5.97 Å². The van der Waals surface area contributed by atoms with Crippen LogP contribution in [0.5, 0.6) is 5.75 Å². The van der Waals surface area contributed by atoms with Gasteiger partial charge in [-0.15, -0.1) is 5.10 Å². The normalized spacial score (nSPS) is 18.3. The zero-order chi connectivity index (χ0) is 24.0. The second-order valence-corrected chi connectivity index (χ2v) is 9.26. The summed E-state index contributed by atoms with van der Waals surface area (Å²) >= 11 is 0. The van der Waals surface area contributed by atoms with Crippen molar-refractivity contribution >= 4 is 11.9 Å². The van der Waals surface area contributed by atoms with Gasteiger partial charge in [0.15, 0.2) is 0 Å². The van der Waals surface area contributed by atoms with Crippen molar-refractivity contribution in [2.75, 3.05) is 6.54 Å². The number of rotatable bonds is 10. The Kier molecular flexibility index (Phi) is 8.41. The Balaban J connectivity index is 1.64. The van der Waals surface area contributed by atoms with Crippen LogP contribution in [0.25, 0.3) is 11.4 Å². The molecule has 0 radical (unpaired) electrons. The minimum atomic E-state index is -0.750. The average Bonchev–Trinajstić information content (AvgIpc) is 3.14. The Hall–Kier alpha value is -2.97. The summed E-state index contributed by atoms with van der Waals surface area (Å²) in [5.74, 6) is 0.132. The maximum atomic E-state index is 12.0. The number of hydrogen-bond acceptors (Lipinski definition) is 6. The van der Waals surface area contributed by atoms with E-state index in [1.54, 1.807) is 4.68 Å². The first-order chi connectivity index (χ1) is 15.7. The molecule has 0 bridgehead atoms. The molecule has 2 aromatic heterocycles. The smallest absolute Gasteiger partial charge is 0.306 e. The summed E-state index contributed by atoms with van der Waals surface area (Å²) < 4.78 is 7.82. The second-order valence-electron chi connectivity index (χ2n) is 9.26. The number of hydrogen-bond donors (Lipinski definition) is 2. The molecule has 9 nitrogen and oxygen atoms in total. The quantitative estimate of drug-likeness (QED) is 0.562. The standard InChI is InChI=1S/C24H35N5O4/c1-15(2)8-11-22(30)25-13-12-20-23(27-28-29(20)4)19-9-10-21(16(3)26-19)33-18-7-5-6-17(14-18)24(31)32/h9-10,15,17-18H,5-8,11-14H2,1-4H3,(H,25,30)(H,31,32)/t17-,18-/m0/s1. The third-order valence-corrected chi connectivity index (χ3v) is 6.12. The molecular formula is C24H35N5O4. The number of aromatic nitrogens is 4. The van der Waals surface area contributed by atoms with Gasteiger partial charge in [-0.2, -0.15) is 0 Å². The number of nitrogens with zero attached hydrogens (tertiary/aromatic N) is 4. The van der Waals surface area contributed by atoms with Crippen molar-refractivity contribution in [3.05, 3.63) is 23.5 Å². The van der Waals surface area contributed by atoms with E-state index in [0.717, 1.165) is 30.7 Å². The van der Waals surface area contributed by atoms with Crippen molar-refractivity contribution in [2.45, 2.75) is 71.8 Å². The summed E-state index contributed by atoms with van der Waals surface area (Å²) in [7, 11) is 1.83. The van der Waals surface area contributed by atoms with Gasteiger partial charge < -0.3 is 15.2 Å². The summed E-state index contributed by atoms with van der Waals surface area (Å²) in [6.45, 7) is 6.60. The summed E-state index contributed by atoms with van der Waals surface area (Å²) in [6, 6.07) is 3.72. The number of carboxylic acid groups (broad SMARTS) is 1. The van der Waals surface area contributed by atoms with Gasteiger partial charge in [-0.05, 0) is 57.1 Å². The minimum Gasteiger partial charge on any atom is -0.489 e. The number of pyridine rings is 1. The van der Waals surface area contributed by atoms with Crippen LogP contribution in [0.1, 0.15) is 63.8 Å². The molecule has 0 spiro atoms. The van der Waals surface area contributed by atoms with Gasteiger partial charge in [-0.1, -0.05) is 19.1 Å². The number of carbonyl (C=O) groups excluding carboxylic acids is 1. The van der Waals surface area contributed by atoms with Crippen LogP contribution in [0.3, 0.4) is 0 Å². The van der Waals surface area contributed by atoms with Crippen LogP contribution >= 0.6 is 0 Å². The van der Waals surface area contributed by atoms with Crippen LogP contribution < -0.4 is 10.1 Å². The largest absolute Gasteiger partial charge is 0.489 e. The highest BCUT2D eigenvalue weighted by Gasteiger charge is 2.28. The van der Waals surface area contributed by atoms with Gasteiger partial charge in [0.05, 0.1) is 29.1 Å². The number of aliphatic carboxylic acids is 1. The molecule has 2 aromatic rings. The van der Waals surface area contributed by atoms with Crippen molar-refractivity contribution in [3.8, 4) is 17.1 Å². The lowest BCUT2D eigenvalue weighted by atomic mass is 9.87. The fourth-order valence-corrected chi connectivity index (χ4v) is 4.15. The van der Waals surface area contributed by atoms with Crippen LogP contribution in [-0.2, 0) is 23.1 Å². The van der Waals surface area contributed by atoms with Gasteiger partial charge in [0.1, 0.15) is 11.4 Å². The Labute approximate surface area is 194 Å². The molecule has 180 valence electrons. The zero-order valence-corrected chi connectivity index (χ0v) is 20.0. The first-order valence-corrected chi connectivity index (χ1v) is 11.8. The molecule has 0 unspecified atom stereocenters. The molecule has 2 heterocycles. The monoisotopic (exact) mass is 457 g/mol. The lowest BCUT2D eigenvalue weighted by molar-refractivity contribution is -0.143. The minimum absolute atomic E-state index is 0.0590. The Bertz CT molecular complexity index is 972. The molecule has 2 atom stereocenters. The summed E-state index contributed by atoms with van der Waals surface area (Å²) in [5.41, 5.74) is 3.01. The van der Waals surface area contributed by atoms with Gasteiger partial charge in [0, 0.05) is 26.4 Å². The summed E-state index contributed by atoms with van der Waals surface area (Å²) in [4.78, 5) is 28.0. The molecule has 1 saturated carbocycles. The third kappa shape index (κ3) is 6.76. The van der Waals surface area contributed by atoms with Crippen LogP contribution in [-0.4, -0.2) is 49.6 Å². The van der Waals surface area contributed by atoms with Gasteiger partial charge in [0.2, 0.25) is 5.91 Å². The SMILES string of the molecule is Cc1nc(-c2nnn(C)c2CCNC(=O)CCC(C)C)ccc1O[C@H]1CCC[C@H](C(=O)O)C1. The van der Waals surface area contributed by atoms with E-state index in [0.29, 0.717) is 55.3 Å². The van der Waals surface area contributed by atoms with E-state index in [1.165, 1.54) is 0 Å². The van der Waals surface area contributed by atoms with Crippen LogP contribution in [0.15, 0.2) is 12.1 Å². The molecule has 33 heavy (non-hydrogen) atoms. The molecule has 0 aliphatic heterocycles. The molecule has 0 aromatic carbocycles. The van der Waals surface area contributed by atoms with Crippen molar-refractivity contribution in [1.29, 1.82) is 0 Å². The van der Waals surface area contributed by atoms with E-state index in [2.05, 4.69) is 34.5 Å². The molecule has 3 rings (SSSR count). The van der Waals surface area contributed by atoms with Gasteiger partial charge in [0.25, 0.3) is 0 Å². The van der Waals surface area contributed by atoms with E-state index in [4.69, 9.17) is 4.74 Å². The molecule has 1 aliphatic carbocycles. The fourth-order valence-electron chi connectivity index (χ4n) is 4.15. The van der Waals surface area contributed by atoms with Crippen molar-refractivity contribution in [3.63, 3.8) is 0 Å². The Morgan fingerprint density at radius 1 is 1.30 bits per heavy atom. The van der Waals surface area contributed by atoms with Crippen LogP contribution in [0.2, 0.25) is 0 Å². The first kappa shape index (κ1) is 24.7. The topological polar surface area (TPSA) is 119 Å². The molecular weight excluding hydrogens is 422 g/mol. The molecule has 1 fully saturated rings. The average molecular weight is 458 g/mol. The molecule has 1 amide bonds. The molecule has 2 N–H and O–H groups in total. The number of ether oxygens (including phenoxy) is 1. The lowest BCUT2D eigenvalue weighted by Gasteiger charge is -2.27. The summed E-state index contributed by atoms with van der Waals surface area (Å²) in [6.07, 6.45) is 4.82. The van der Waals surface area contributed by atoms with E-state index in [-0.39, 0.29) is 17.9 Å². The van der Waals surface area contributed by atoms with Gasteiger partial charge in [-0.25, -0.2) is 4.98 Å². The molecule has 0 saturated heterocycles.